The van der Waals surface area contributed by atoms with Gasteiger partial charge in [0.1, 0.15) is 0 Å². The number of rotatable bonds is 6. The second-order valence-corrected chi connectivity index (χ2v) is 13.5. The molecule has 41 heavy (non-hydrogen) atoms. The Bertz CT molecular complexity index is 1150. The monoisotopic (exact) mass is 560 g/mol. The highest BCUT2D eigenvalue weighted by Crippen LogP contribution is 2.52. The highest BCUT2D eigenvalue weighted by Gasteiger charge is 2.50. The summed E-state index contributed by atoms with van der Waals surface area (Å²) in [5.41, 5.74) is 3.39. The average molecular weight is 561 g/mol. The lowest BCUT2D eigenvalue weighted by Gasteiger charge is -2.56. The maximum absolute atomic E-state index is 12.6. The molecule has 8 heteroatoms. The quantitative estimate of drug-likeness (QED) is 0.516. The largest absolute Gasteiger partial charge is 0.348 e. The fourth-order valence-corrected chi connectivity index (χ4v) is 8.92. The van der Waals surface area contributed by atoms with E-state index in [1.54, 1.807) is 0 Å². The molecular weight excluding hydrogens is 512 g/mol. The Labute approximate surface area is 246 Å². The van der Waals surface area contributed by atoms with Crippen LogP contribution in [0.2, 0.25) is 0 Å². The van der Waals surface area contributed by atoms with E-state index < -0.39 is 0 Å². The minimum absolute atomic E-state index is 0.0748. The van der Waals surface area contributed by atoms with Gasteiger partial charge < -0.3 is 14.5 Å². The minimum atomic E-state index is -0.207. The normalized spacial score (nSPS) is 37.8. The standard InChI is InChI=1S/C33H48N6O2/c1-4-30(40)39-17-16-38(21-25(39)12-14-34)31-28-11-13-33(18-23(2)27-10-6-5-8-24(27)19-33)20-29(28)35-32(36-31)41-22-26-9-7-15-37(26)3/h4-6,8,10,23,25-26,28-29,31-32,35-36H,1,7,9,11-13,15-22H2,2-3H3. The average Bonchev–Trinajstić information content (AvgIpc) is 3.39. The fraction of sp³-hybridized carbons (Fsp3) is 0.697. The van der Waals surface area contributed by atoms with Crippen LogP contribution in [0.1, 0.15) is 68.9 Å². The van der Waals surface area contributed by atoms with Gasteiger partial charge >= 0.3 is 0 Å². The molecule has 0 bridgehead atoms. The van der Waals surface area contributed by atoms with Gasteiger partial charge in [0.05, 0.1) is 31.3 Å². The fourth-order valence-electron chi connectivity index (χ4n) is 8.92. The number of nitrogens with one attached hydrogen (secondary N) is 2. The van der Waals surface area contributed by atoms with Crippen LogP contribution in [-0.2, 0) is 16.0 Å². The van der Waals surface area contributed by atoms with Crippen molar-refractivity contribution >= 4 is 5.91 Å². The SMILES string of the molecule is C=CC(=O)N1CCN(C2NC(OCC3CCCN3C)NC3CC4(CCC32)Cc2ccccc2C(C)C4)CC1CC#N. The minimum Gasteiger partial charge on any atom is -0.348 e. The molecule has 4 fully saturated rings. The topological polar surface area (TPSA) is 83.9 Å². The molecule has 3 heterocycles. The molecule has 0 radical (unpaired) electrons. The summed E-state index contributed by atoms with van der Waals surface area (Å²) in [4.78, 5) is 19.3. The second kappa shape index (κ2) is 12.1. The molecule has 1 aromatic rings. The van der Waals surface area contributed by atoms with E-state index in [4.69, 9.17) is 4.74 Å². The number of amides is 1. The molecule has 1 spiro atoms. The van der Waals surface area contributed by atoms with Crippen LogP contribution in [0, 0.1) is 22.7 Å². The molecule has 8 nitrogen and oxygen atoms in total. The molecule has 222 valence electrons. The van der Waals surface area contributed by atoms with E-state index in [0.29, 0.717) is 48.8 Å². The highest BCUT2D eigenvalue weighted by atomic mass is 16.5. The summed E-state index contributed by atoms with van der Waals surface area (Å²) < 4.78 is 6.59. The molecule has 8 unspecified atom stereocenters. The molecule has 2 aliphatic carbocycles. The van der Waals surface area contributed by atoms with Crippen LogP contribution in [-0.4, -0.2) is 91.1 Å². The number of carbonyl (C=O) groups is 1. The Balaban J connectivity index is 1.22. The van der Waals surface area contributed by atoms with Gasteiger partial charge in [-0.15, -0.1) is 0 Å². The Morgan fingerprint density at radius 2 is 2.05 bits per heavy atom. The molecule has 3 aliphatic heterocycles. The Kier molecular flexibility index (Phi) is 8.54. The molecule has 2 N–H and O–H groups in total. The first-order chi connectivity index (χ1) is 19.9. The van der Waals surface area contributed by atoms with Crippen LogP contribution in [0.3, 0.4) is 0 Å². The third-order valence-corrected chi connectivity index (χ3v) is 11.0. The summed E-state index contributed by atoms with van der Waals surface area (Å²) in [6.45, 7) is 10.1. The Hall–Kier alpha value is -2.28. The van der Waals surface area contributed by atoms with Gasteiger partial charge in [-0.1, -0.05) is 37.8 Å². The maximum atomic E-state index is 12.6. The molecule has 0 aromatic heterocycles. The molecule has 3 saturated heterocycles. The maximum Gasteiger partial charge on any atom is 0.246 e. The predicted molar refractivity (Wildman–Crippen MR) is 160 cm³/mol. The third kappa shape index (κ3) is 5.85. The number of fused-ring (bicyclic) bond motifs is 2. The number of hydrogen-bond donors (Lipinski definition) is 2. The molecule has 5 aliphatic rings. The van der Waals surface area contributed by atoms with Crippen molar-refractivity contribution in [1.29, 1.82) is 5.26 Å². The van der Waals surface area contributed by atoms with E-state index in [0.717, 1.165) is 32.5 Å². The molecule has 1 saturated carbocycles. The van der Waals surface area contributed by atoms with Crippen molar-refractivity contribution < 1.29 is 9.53 Å². The van der Waals surface area contributed by atoms with Gasteiger partial charge in [-0.05, 0) is 87.1 Å². The summed E-state index contributed by atoms with van der Waals surface area (Å²) in [5.74, 6) is 0.960. The van der Waals surface area contributed by atoms with E-state index >= 15 is 0 Å². The molecule has 1 amide bonds. The number of benzene rings is 1. The zero-order valence-corrected chi connectivity index (χ0v) is 24.9. The predicted octanol–water partition coefficient (Wildman–Crippen LogP) is 3.42. The third-order valence-electron chi connectivity index (χ3n) is 11.0. The summed E-state index contributed by atoms with van der Waals surface area (Å²) in [5, 5.41) is 17.4. The molecule has 8 atom stereocenters. The number of hydrogen-bond acceptors (Lipinski definition) is 7. The Morgan fingerprint density at radius 1 is 1.20 bits per heavy atom. The molecule has 1 aromatic carbocycles. The highest BCUT2D eigenvalue weighted by molar-refractivity contribution is 5.87. The van der Waals surface area contributed by atoms with Crippen molar-refractivity contribution in [2.24, 2.45) is 11.3 Å². The summed E-state index contributed by atoms with van der Waals surface area (Å²) in [6, 6.07) is 12.1. The van der Waals surface area contributed by atoms with Gasteiger partial charge in [-0.3, -0.25) is 20.3 Å². The first-order valence-corrected chi connectivity index (χ1v) is 15.9. The first-order valence-electron chi connectivity index (χ1n) is 15.9. The van der Waals surface area contributed by atoms with Gasteiger partial charge in [-0.25, -0.2) is 0 Å². The number of nitrogens with zero attached hydrogens (tertiary/aromatic N) is 4. The van der Waals surface area contributed by atoms with Gasteiger partial charge in [0.2, 0.25) is 5.91 Å². The van der Waals surface area contributed by atoms with E-state index in [1.165, 1.54) is 49.3 Å². The zero-order valence-electron chi connectivity index (χ0n) is 24.9. The second-order valence-electron chi connectivity index (χ2n) is 13.5. The summed E-state index contributed by atoms with van der Waals surface area (Å²) in [6.07, 6.45) is 10.1. The summed E-state index contributed by atoms with van der Waals surface area (Å²) in [7, 11) is 2.20. The van der Waals surface area contributed by atoms with Gasteiger partial charge in [0.15, 0.2) is 6.35 Å². The summed E-state index contributed by atoms with van der Waals surface area (Å²) >= 11 is 0. The van der Waals surface area contributed by atoms with E-state index in [-0.39, 0.29) is 24.5 Å². The van der Waals surface area contributed by atoms with Crippen molar-refractivity contribution in [2.75, 3.05) is 39.8 Å². The first kappa shape index (κ1) is 28.8. The lowest BCUT2D eigenvalue weighted by Crippen LogP contribution is -2.72. The number of likely N-dealkylation sites (tertiary alicyclic amines) is 1. The lowest BCUT2D eigenvalue weighted by atomic mass is 9.58. The van der Waals surface area contributed by atoms with Gasteiger partial charge in [-0.2, -0.15) is 5.26 Å². The van der Waals surface area contributed by atoms with Crippen LogP contribution < -0.4 is 10.6 Å². The number of ether oxygens (including phenoxy) is 1. The van der Waals surface area contributed by atoms with Crippen molar-refractivity contribution in [3.05, 3.63) is 48.0 Å². The number of carbonyl (C=O) groups excluding carboxylic acids is 1. The van der Waals surface area contributed by atoms with Crippen LogP contribution in [0.5, 0.6) is 0 Å². The van der Waals surface area contributed by atoms with E-state index in [9.17, 15) is 10.1 Å². The van der Waals surface area contributed by atoms with Crippen LogP contribution in [0.4, 0.5) is 0 Å². The van der Waals surface area contributed by atoms with E-state index in [1.807, 2.05) is 4.90 Å². The van der Waals surface area contributed by atoms with Crippen molar-refractivity contribution in [3.8, 4) is 6.07 Å². The van der Waals surface area contributed by atoms with Crippen molar-refractivity contribution in [3.63, 3.8) is 0 Å². The van der Waals surface area contributed by atoms with Crippen LogP contribution in [0.25, 0.3) is 0 Å². The van der Waals surface area contributed by atoms with Gasteiger partial charge in [0.25, 0.3) is 0 Å². The van der Waals surface area contributed by atoms with Crippen molar-refractivity contribution in [1.82, 2.24) is 25.3 Å². The molecular formula is C33H48N6O2. The molecule has 6 rings (SSSR count). The van der Waals surface area contributed by atoms with Crippen LogP contribution >= 0.6 is 0 Å². The van der Waals surface area contributed by atoms with Crippen LogP contribution in [0.15, 0.2) is 36.9 Å². The van der Waals surface area contributed by atoms with Crippen molar-refractivity contribution in [2.45, 2.75) is 94.9 Å². The van der Waals surface area contributed by atoms with Gasteiger partial charge in [0, 0.05) is 37.6 Å². The van der Waals surface area contributed by atoms with E-state index in [2.05, 4.69) is 71.3 Å². The smallest absolute Gasteiger partial charge is 0.246 e. The number of piperazine rings is 1. The lowest BCUT2D eigenvalue weighted by molar-refractivity contribution is -0.137. The zero-order chi connectivity index (χ0) is 28.6. The Morgan fingerprint density at radius 3 is 2.83 bits per heavy atom. The number of nitriles is 1. The number of likely N-dealkylation sites (N-methyl/N-ethyl adjacent to an activating group) is 1.